The van der Waals surface area contributed by atoms with Crippen LogP contribution in [0.1, 0.15) is 0 Å². The second kappa shape index (κ2) is 4.92. The van der Waals surface area contributed by atoms with Crippen molar-refractivity contribution < 1.29 is 0 Å². The summed E-state index contributed by atoms with van der Waals surface area (Å²) in [5.41, 5.74) is 1.60. The molecular weight excluding hydrogens is 332 g/mol. The topological polar surface area (TPSA) is 12.9 Å². The Morgan fingerprint density at radius 3 is 2.38 bits per heavy atom. The molecule has 0 spiro atoms. The van der Waals surface area contributed by atoms with Crippen LogP contribution in [0.4, 0.5) is 0 Å². The normalized spacial score (nSPS) is 10.5. The summed E-state index contributed by atoms with van der Waals surface area (Å²) in [5.74, 6) is 0. The molecule has 1 aromatic heterocycles. The van der Waals surface area contributed by atoms with E-state index in [4.69, 9.17) is 34.8 Å². The van der Waals surface area contributed by atoms with Crippen LogP contribution < -0.4 is 0 Å². The highest BCUT2D eigenvalue weighted by Gasteiger charge is 2.12. The van der Waals surface area contributed by atoms with E-state index in [2.05, 4.69) is 20.9 Å². The Morgan fingerprint density at radius 2 is 1.62 bits per heavy atom. The summed E-state index contributed by atoms with van der Waals surface area (Å²) in [6.07, 6.45) is 1.60. The van der Waals surface area contributed by atoms with Crippen LogP contribution >= 0.6 is 50.7 Å². The van der Waals surface area contributed by atoms with Crippen molar-refractivity contribution in [2.24, 2.45) is 0 Å². The van der Waals surface area contributed by atoms with E-state index in [0.29, 0.717) is 10.0 Å². The molecule has 0 aliphatic heterocycles. The van der Waals surface area contributed by atoms with E-state index in [0.717, 1.165) is 15.6 Å². The lowest BCUT2D eigenvalue weighted by atomic mass is 10.1. The molecule has 0 aliphatic rings. The average Bonchev–Trinajstić information content (AvgIpc) is 2.27. The summed E-state index contributed by atoms with van der Waals surface area (Å²) in [6, 6.07) is 7.41. The van der Waals surface area contributed by atoms with Crippen molar-refractivity contribution in [2.45, 2.75) is 0 Å². The van der Waals surface area contributed by atoms with Crippen LogP contribution in [0.2, 0.25) is 15.2 Å². The molecule has 0 amide bonds. The van der Waals surface area contributed by atoms with Gasteiger partial charge in [0.15, 0.2) is 0 Å². The molecule has 82 valence electrons. The number of halogens is 4. The Labute approximate surface area is 116 Å². The first-order valence-electron chi connectivity index (χ1n) is 4.35. The first-order valence-corrected chi connectivity index (χ1v) is 6.28. The number of hydrogen-bond donors (Lipinski definition) is 0. The third-order valence-electron chi connectivity index (χ3n) is 2.09. The van der Waals surface area contributed by atoms with Crippen molar-refractivity contribution >= 4 is 50.7 Å². The molecule has 0 atom stereocenters. The maximum absolute atomic E-state index is 6.18. The van der Waals surface area contributed by atoms with Gasteiger partial charge in [-0.1, -0.05) is 46.9 Å². The first-order chi connectivity index (χ1) is 7.61. The van der Waals surface area contributed by atoms with Gasteiger partial charge in [0.2, 0.25) is 0 Å². The van der Waals surface area contributed by atoms with Crippen LogP contribution in [0.15, 0.2) is 34.9 Å². The number of aromatic nitrogens is 1. The summed E-state index contributed by atoms with van der Waals surface area (Å²) in [5, 5.41) is 1.28. The lowest BCUT2D eigenvalue weighted by Gasteiger charge is -2.08. The van der Waals surface area contributed by atoms with Gasteiger partial charge in [-0.3, -0.25) is 0 Å². The van der Waals surface area contributed by atoms with Crippen molar-refractivity contribution in [3.63, 3.8) is 0 Å². The smallest absolute Gasteiger partial charge is 0.148 e. The minimum atomic E-state index is 0.273. The molecule has 0 saturated heterocycles. The van der Waals surface area contributed by atoms with E-state index in [9.17, 15) is 0 Å². The lowest BCUT2D eigenvalue weighted by Crippen LogP contribution is -1.85. The van der Waals surface area contributed by atoms with Crippen LogP contribution in [-0.4, -0.2) is 4.98 Å². The summed E-state index contributed by atoms with van der Waals surface area (Å²) < 4.78 is 0.815. The molecule has 0 saturated carbocycles. The number of pyridine rings is 1. The van der Waals surface area contributed by atoms with Crippen LogP contribution in [-0.2, 0) is 0 Å². The molecule has 1 heterocycles. The highest BCUT2D eigenvalue weighted by molar-refractivity contribution is 9.10. The van der Waals surface area contributed by atoms with Gasteiger partial charge in [0.05, 0.1) is 10.0 Å². The molecule has 0 bridgehead atoms. The highest BCUT2D eigenvalue weighted by Crippen LogP contribution is 2.38. The summed E-state index contributed by atoms with van der Waals surface area (Å²) in [6.45, 7) is 0. The largest absolute Gasteiger partial charge is 0.243 e. The summed E-state index contributed by atoms with van der Waals surface area (Å²) >= 11 is 21.5. The molecule has 0 radical (unpaired) electrons. The van der Waals surface area contributed by atoms with Crippen molar-refractivity contribution in [1.82, 2.24) is 4.98 Å². The summed E-state index contributed by atoms with van der Waals surface area (Å²) in [7, 11) is 0. The Balaban J connectivity index is 2.68. The molecule has 5 heteroatoms. The zero-order chi connectivity index (χ0) is 11.7. The van der Waals surface area contributed by atoms with Gasteiger partial charge in [-0.25, -0.2) is 4.98 Å². The molecule has 0 N–H and O–H groups in total. The minimum Gasteiger partial charge on any atom is -0.243 e. The van der Waals surface area contributed by atoms with Crippen molar-refractivity contribution in [1.29, 1.82) is 0 Å². The van der Waals surface area contributed by atoms with Crippen LogP contribution in [0.25, 0.3) is 11.1 Å². The van der Waals surface area contributed by atoms with Gasteiger partial charge in [0, 0.05) is 21.8 Å². The molecule has 1 aromatic carbocycles. The highest BCUT2D eigenvalue weighted by atomic mass is 79.9. The van der Waals surface area contributed by atoms with Crippen LogP contribution in [0.3, 0.4) is 0 Å². The first kappa shape index (κ1) is 12.2. The number of benzene rings is 1. The third kappa shape index (κ3) is 2.21. The Hall–Kier alpha value is -0.280. The average molecular weight is 337 g/mol. The lowest BCUT2D eigenvalue weighted by molar-refractivity contribution is 1.33. The molecule has 2 rings (SSSR count). The molecule has 16 heavy (non-hydrogen) atoms. The molecule has 0 unspecified atom stereocenters. The fourth-order valence-electron chi connectivity index (χ4n) is 1.34. The van der Waals surface area contributed by atoms with E-state index in [1.165, 1.54) is 0 Å². The molecular formula is C11H5BrCl3N. The van der Waals surface area contributed by atoms with E-state index in [-0.39, 0.29) is 5.15 Å². The van der Waals surface area contributed by atoms with E-state index in [1.807, 2.05) is 18.2 Å². The van der Waals surface area contributed by atoms with E-state index < -0.39 is 0 Å². The van der Waals surface area contributed by atoms with Gasteiger partial charge in [-0.15, -0.1) is 0 Å². The van der Waals surface area contributed by atoms with E-state index >= 15 is 0 Å². The number of nitrogens with zero attached hydrogens (tertiary/aromatic N) is 1. The van der Waals surface area contributed by atoms with Crippen molar-refractivity contribution in [3.8, 4) is 11.1 Å². The third-order valence-corrected chi connectivity index (χ3v) is 4.15. The number of hydrogen-bond acceptors (Lipinski definition) is 1. The Bertz CT molecular complexity index is 493. The monoisotopic (exact) mass is 335 g/mol. The fourth-order valence-corrected chi connectivity index (χ4v) is 2.30. The van der Waals surface area contributed by atoms with Crippen molar-refractivity contribution in [3.05, 3.63) is 50.1 Å². The number of rotatable bonds is 1. The second-order valence-corrected chi connectivity index (χ2v) is 5.03. The van der Waals surface area contributed by atoms with Crippen molar-refractivity contribution in [2.75, 3.05) is 0 Å². The molecule has 1 nitrogen and oxygen atoms in total. The second-order valence-electron chi connectivity index (χ2n) is 3.06. The van der Waals surface area contributed by atoms with Gasteiger partial charge in [0.1, 0.15) is 5.15 Å². The zero-order valence-electron chi connectivity index (χ0n) is 7.85. The van der Waals surface area contributed by atoms with Crippen LogP contribution in [0.5, 0.6) is 0 Å². The molecule has 0 aliphatic carbocycles. The Kier molecular flexibility index (Phi) is 3.75. The quantitative estimate of drug-likeness (QED) is 0.629. The predicted octanol–water partition coefficient (Wildman–Crippen LogP) is 5.47. The van der Waals surface area contributed by atoms with Gasteiger partial charge >= 0.3 is 0 Å². The van der Waals surface area contributed by atoms with Gasteiger partial charge < -0.3 is 0 Å². The predicted molar refractivity (Wildman–Crippen MR) is 72.4 cm³/mol. The zero-order valence-corrected chi connectivity index (χ0v) is 11.7. The SMILES string of the molecule is Clc1nccc(-c2cccc(Br)c2Cl)c1Cl. The summed E-state index contributed by atoms with van der Waals surface area (Å²) in [4.78, 5) is 3.90. The van der Waals surface area contributed by atoms with Gasteiger partial charge in [-0.2, -0.15) is 0 Å². The Morgan fingerprint density at radius 1 is 0.938 bits per heavy atom. The molecule has 2 aromatic rings. The molecule has 0 fully saturated rings. The van der Waals surface area contributed by atoms with Crippen LogP contribution in [0, 0.1) is 0 Å². The van der Waals surface area contributed by atoms with Gasteiger partial charge in [0.25, 0.3) is 0 Å². The standard InChI is InChI=1S/C11H5BrCl3N/c12-8-3-1-2-6(9(8)13)7-4-5-16-11(15)10(7)14/h1-5H. The maximum Gasteiger partial charge on any atom is 0.148 e. The fraction of sp³-hybridized carbons (Fsp3) is 0. The van der Waals surface area contributed by atoms with E-state index in [1.54, 1.807) is 12.3 Å². The maximum atomic E-state index is 6.18. The van der Waals surface area contributed by atoms with Gasteiger partial charge in [-0.05, 0) is 28.1 Å². The minimum absolute atomic E-state index is 0.273.